The zero-order valence-corrected chi connectivity index (χ0v) is 16.1. The van der Waals surface area contributed by atoms with E-state index in [1.807, 2.05) is 24.3 Å². The monoisotopic (exact) mass is 365 g/mol. The molecule has 140 valence electrons. The average molecular weight is 366 g/mol. The normalized spacial score (nSPS) is 24.6. The summed E-state index contributed by atoms with van der Waals surface area (Å²) in [6, 6.07) is 8.46. The fraction of sp³-hybridized carbons (Fsp3) is 0.650. The van der Waals surface area contributed by atoms with Crippen LogP contribution in [0.5, 0.6) is 0 Å². The molecule has 25 heavy (non-hydrogen) atoms. The van der Waals surface area contributed by atoms with Crippen LogP contribution in [0, 0.1) is 5.92 Å². The van der Waals surface area contributed by atoms with Gasteiger partial charge in [-0.05, 0) is 62.8 Å². The Morgan fingerprint density at radius 3 is 2.56 bits per heavy atom. The first-order valence-corrected chi connectivity index (χ1v) is 9.49. The van der Waals surface area contributed by atoms with Crippen molar-refractivity contribution in [1.29, 1.82) is 0 Å². The van der Waals surface area contributed by atoms with Gasteiger partial charge in [0, 0.05) is 37.8 Å². The maximum atomic E-state index is 12.8. The van der Waals surface area contributed by atoms with Crippen LogP contribution in [0.15, 0.2) is 24.3 Å². The zero-order valence-electron chi connectivity index (χ0n) is 15.3. The highest BCUT2D eigenvalue weighted by Gasteiger charge is 2.28. The number of carbonyl (C=O) groups excluding carboxylic acids is 1. The number of piperidine rings is 2. The first kappa shape index (κ1) is 20.2. The summed E-state index contributed by atoms with van der Waals surface area (Å²) in [6.07, 6.45) is 6.39. The lowest BCUT2D eigenvalue weighted by molar-refractivity contribution is 0.0594. The highest BCUT2D eigenvalue weighted by atomic mass is 35.5. The van der Waals surface area contributed by atoms with E-state index >= 15 is 0 Å². The minimum Gasteiger partial charge on any atom is -0.338 e. The number of halogens is 1. The summed E-state index contributed by atoms with van der Waals surface area (Å²) in [7, 11) is 0. The number of amides is 1. The van der Waals surface area contributed by atoms with Crippen LogP contribution in [-0.2, 0) is 6.54 Å². The van der Waals surface area contributed by atoms with Crippen LogP contribution >= 0.6 is 12.4 Å². The fourth-order valence-electron chi connectivity index (χ4n) is 4.13. The SMILES string of the molecule is CC1CCCCN1CC1CCCN(C(=O)c2ccc(CN)cc2)C1.Cl. The standard InChI is InChI=1S/C20H31N3O.ClH/c1-16-5-2-3-11-22(16)14-18-6-4-12-23(15-18)20(24)19-9-7-17(13-21)8-10-19;/h7-10,16,18H,2-6,11-15,21H2,1H3;1H. The number of benzene rings is 1. The Labute approximate surface area is 158 Å². The van der Waals surface area contributed by atoms with Gasteiger partial charge < -0.3 is 15.5 Å². The van der Waals surface area contributed by atoms with E-state index in [-0.39, 0.29) is 18.3 Å². The molecule has 0 bridgehead atoms. The molecule has 2 heterocycles. The van der Waals surface area contributed by atoms with Gasteiger partial charge in [0.15, 0.2) is 0 Å². The van der Waals surface area contributed by atoms with E-state index in [9.17, 15) is 4.79 Å². The number of rotatable bonds is 4. The van der Waals surface area contributed by atoms with Crippen molar-refractivity contribution in [2.45, 2.75) is 51.6 Å². The Morgan fingerprint density at radius 2 is 1.88 bits per heavy atom. The minimum absolute atomic E-state index is 0. The molecule has 0 radical (unpaired) electrons. The van der Waals surface area contributed by atoms with Crippen molar-refractivity contribution >= 4 is 18.3 Å². The van der Waals surface area contributed by atoms with Crippen molar-refractivity contribution < 1.29 is 4.79 Å². The van der Waals surface area contributed by atoms with Crippen LogP contribution in [0.1, 0.15) is 54.9 Å². The average Bonchev–Trinajstić information content (AvgIpc) is 2.63. The van der Waals surface area contributed by atoms with Crippen molar-refractivity contribution in [3.63, 3.8) is 0 Å². The summed E-state index contributed by atoms with van der Waals surface area (Å²) in [6.45, 7) is 7.05. The number of nitrogens with zero attached hydrogens (tertiary/aromatic N) is 2. The molecule has 2 atom stereocenters. The Bertz CT molecular complexity index is 548. The molecule has 0 spiro atoms. The molecule has 0 saturated carbocycles. The summed E-state index contributed by atoms with van der Waals surface area (Å²) in [4.78, 5) is 17.5. The second kappa shape index (κ2) is 9.56. The zero-order chi connectivity index (χ0) is 16.9. The van der Waals surface area contributed by atoms with E-state index in [1.165, 1.54) is 32.2 Å². The second-order valence-electron chi connectivity index (χ2n) is 7.50. The molecule has 2 aliphatic rings. The molecule has 1 amide bonds. The quantitative estimate of drug-likeness (QED) is 0.890. The summed E-state index contributed by atoms with van der Waals surface area (Å²) in [5.41, 5.74) is 7.50. The van der Waals surface area contributed by atoms with Gasteiger partial charge in [-0.15, -0.1) is 12.4 Å². The van der Waals surface area contributed by atoms with E-state index in [0.717, 1.165) is 37.2 Å². The second-order valence-corrected chi connectivity index (χ2v) is 7.50. The molecule has 0 aromatic heterocycles. The predicted octanol–water partition coefficient (Wildman–Crippen LogP) is 3.29. The Hall–Kier alpha value is -1.10. The third-order valence-electron chi connectivity index (χ3n) is 5.68. The molecule has 2 unspecified atom stereocenters. The first-order valence-electron chi connectivity index (χ1n) is 9.49. The van der Waals surface area contributed by atoms with Gasteiger partial charge in [-0.2, -0.15) is 0 Å². The maximum Gasteiger partial charge on any atom is 0.253 e. The molecule has 3 rings (SSSR count). The van der Waals surface area contributed by atoms with Crippen molar-refractivity contribution in [2.24, 2.45) is 11.7 Å². The topological polar surface area (TPSA) is 49.6 Å². The van der Waals surface area contributed by atoms with Crippen molar-refractivity contribution in [3.8, 4) is 0 Å². The van der Waals surface area contributed by atoms with Gasteiger partial charge in [0.25, 0.3) is 5.91 Å². The minimum atomic E-state index is 0. The molecule has 2 N–H and O–H groups in total. The lowest BCUT2D eigenvalue weighted by Gasteiger charge is -2.39. The van der Waals surface area contributed by atoms with Gasteiger partial charge in [-0.25, -0.2) is 0 Å². The van der Waals surface area contributed by atoms with Crippen LogP contribution in [0.25, 0.3) is 0 Å². The molecule has 5 heteroatoms. The largest absolute Gasteiger partial charge is 0.338 e. The summed E-state index contributed by atoms with van der Waals surface area (Å²) in [5, 5.41) is 0. The van der Waals surface area contributed by atoms with Crippen LogP contribution in [-0.4, -0.2) is 47.9 Å². The van der Waals surface area contributed by atoms with E-state index in [4.69, 9.17) is 5.73 Å². The molecule has 1 aromatic carbocycles. The van der Waals surface area contributed by atoms with Gasteiger partial charge in [0.1, 0.15) is 0 Å². The number of likely N-dealkylation sites (tertiary alicyclic amines) is 2. The lowest BCUT2D eigenvalue weighted by atomic mass is 9.94. The fourth-order valence-corrected chi connectivity index (χ4v) is 4.13. The highest BCUT2D eigenvalue weighted by Crippen LogP contribution is 2.23. The molecule has 1 aromatic rings. The number of nitrogens with two attached hydrogens (primary N) is 1. The lowest BCUT2D eigenvalue weighted by Crippen LogP contribution is -2.46. The number of hydrogen-bond acceptors (Lipinski definition) is 3. The summed E-state index contributed by atoms with van der Waals surface area (Å²) >= 11 is 0. The van der Waals surface area contributed by atoms with Gasteiger partial charge in [0.05, 0.1) is 0 Å². The van der Waals surface area contributed by atoms with Gasteiger partial charge in [0.2, 0.25) is 0 Å². The van der Waals surface area contributed by atoms with E-state index in [0.29, 0.717) is 18.5 Å². The van der Waals surface area contributed by atoms with Gasteiger partial charge in [-0.1, -0.05) is 18.6 Å². The Balaban J connectivity index is 0.00000225. The van der Waals surface area contributed by atoms with Crippen LogP contribution in [0.4, 0.5) is 0 Å². The van der Waals surface area contributed by atoms with Crippen LogP contribution in [0.2, 0.25) is 0 Å². The maximum absolute atomic E-state index is 12.8. The molecular weight excluding hydrogens is 334 g/mol. The molecule has 4 nitrogen and oxygen atoms in total. The molecule has 2 saturated heterocycles. The summed E-state index contributed by atoms with van der Waals surface area (Å²) < 4.78 is 0. The van der Waals surface area contributed by atoms with Gasteiger partial charge in [-0.3, -0.25) is 4.79 Å². The molecule has 2 aliphatic heterocycles. The van der Waals surface area contributed by atoms with Crippen LogP contribution in [0.3, 0.4) is 0 Å². The van der Waals surface area contributed by atoms with Gasteiger partial charge >= 0.3 is 0 Å². The van der Waals surface area contributed by atoms with E-state index in [1.54, 1.807) is 0 Å². The third kappa shape index (κ3) is 5.19. The Kier molecular flexibility index (Phi) is 7.73. The first-order chi connectivity index (χ1) is 11.7. The number of hydrogen-bond donors (Lipinski definition) is 1. The summed E-state index contributed by atoms with van der Waals surface area (Å²) in [5.74, 6) is 0.793. The van der Waals surface area contributed by atoms with E-state index < -0.39 is 0 Å². The molecule has 2 fully saturated rings. The van der Waals surface area contributed by atoms with Crippen molar-refractivity contribution in [2.75, 3.05) is 26.2 Å². The van der Waals surface area contributed by atoms with Crippen molar-refractivity contribution in [1.82, 2.24) is 9.80 Å². The highest BCUT2D eigenvalue weighted by molar-refractivity contribution is 5.94. The third-order valence-corrected chi connectivity index (χ3v) is 5.68. The Morgan fingerprint density at radius 1 is 1.12 bits per heavy atom. The smallest absolute Gasteiger partial charge is 0.253 e. The van der Waals surface area contributed by atoms with Crippen LogP contribution < -0.4 is 5.73 Å². The molecule has 0 aliphatic carbocycles. The van der Waals surface area contributed by atoms with Crippen molar-refractivity contribution in [3.05, 3.63) is 35.4 Å². The number of carbonyl (C=O) groups is 1. The van der Waals surface area contributed by atoms with E-state index in [2.05, 4.69) is 16.7 Å². The predicted molar refractivity (Wildman–Crippen MR) is 105 cm³/mol. The molecular formula is C20H32ClN3O.